The lowest BCUT2D eigenvalue weighted by atomic mass is 10.1. The molecule has 14 nitrogen and oxygen atoms in total. The highest BCUT2D eigenvalue weighted by Gasteiger charge is 2.34. The average Bonchev–Trinajstić information content (AvgIpc) is 3.34. The first-order chi connectivity index (χ1) is 20.0. The standard InChI is InChI=1S/C28H24N8O6/c1-15-4-5-18(29-10-15)12-31-34-23(38)13-35-24(39)19-8-21-22(9-20(19)25(35)40)27(42)36(26(21)41)28(14-32-33-17(3)37)7-6-16(2)11-30-28/h4-12,14,30H,13H2,1-3H3,(H,33,37)(H,34,38)/b31-12+,32-14+. The Balaban J connectivity index is 1.52. The minimum absolute atomic E-state index is 0.102. The van der Waals surface area contributed by atoms with Crippen molar-refractivity contribution in [1.29, 1.82) is 0 Å². The molecule has 212 valence electrons. The zero-order valence-corrected chi connectivity index (χ0v) is 22.7. The summed E-state index contributed by atoms with van der Waals surface area (Å²) < 4.78 is 1.60. The van der Waals surface area contributed by atoms with Crippen molar-refractivity contribution in [2.75, 3.05) is 0 Å². The van der Waals surface area contributed by atoms with Crippen molar-refractivity contribution < 1.29 is 9.59 Å². The first-order valence-electron chi connectivity index (χ1n) is 12.6. The number of aryl methyl sites for hydroxylation is 1. The zero-order chi connectivity index (χ0) is 30.2. The highest BCUT2D eigenvalue weighted by molar-refractivity contribution is 5.98. The maximum Gasteiger partial charge on any atom is 0.264 e. The van der Waals surface area contributed by atoms with E-state index in [1.165, 1.54) is 37.6 Å². The Bertz CT molecular complexity index is 2010. The third-order valence-corrected chi connectivity index (χ3v) is 6.58. The summed E-state index contributed by atoms with van der Waals surface area (Å²) in [6, 6.07) is 5.88. The number of hydrogen-bond acceptors (Lipinski definition) is 10. The van der Waals surface area contributed by atoms with Crippen LogP contribution in [0.3, 0.4) is 0 Å². The molecule has 3 N–H and O–H groups in total. The van der Waals surface area contributed by atoms with E-state index < -0.39 is 46.3 Å². The van der Waals surface area contributed by atoms with Gasteiger partial charge >= 0.3 is 0 Å². The molecule has 4 heterocycles. The molecule has 1 atom stereocenters. The van der Waals surface area contributed by atoms with Gasteiger partial charge in [-0.15, -0.1) is 0 Å². The van der Waals surface area contributed by atoms with E-state index in [4.69, 9.17) is 0 Å². The molecule has 0 spiro atoms. The van der Waals surface area contributed by atoms with Gasteiger partial charge in [-0.05, 0) is 49.3 Å². The second-order valence-electron chi connectivity index (χ2n) is 9.76. The number of nitrogens with one attached hydrogen (secondary N) is 3. The van der Waals surface area contributed by atoms with Crippen LogP contribution in [0.15, 0.2) is 83.8 Å². The van der Waals surface area contributed by atoms with Gasteiger partial charge in [0.15, 0.2) is 5.66 Å². The minimum Gasteiger partial charge on any atom is -0.360 e. The predicted octanol–water partition coefficient (Wildman–Crippen LogP) is -0.396. The van der Waals surface area contributed by atoms with Crippen LogP contribution in [0.5, 0.6) is 0 Å². The van der Waals surface area contributed by atoms with E-state index in [1.54, 1.807) is 31.5 Å². The largest absolute Gasteiger partial charge is 0.360 e. The van der Waals surface area contributed by atoms with Crippen molar-refractivity contribution in [2.24, 2.45) is 10.2 Å². The molecule has 2 amide bonds. The van der Waals surface area contributed by atoms with Gasteiger partial charge in [0.1, 0.15) is 6.54 Å². The fraction of sp³-hybridized carbons (Fsp3) is 0.179. The summed E-state index contributed by atoms with van der Waals surface area (Å²) in [5.74, 6) is -1.20. The van der Waals surface area contributed by atoms with Crippen LogP contribution in [0.2, 0.25) is 0 Å². The average molecular weight is 569 g/mol. The number of allylic oxidation sites excluding steroid dienone is 2. The number of carbonyl (C=O) groups excluding carboxylic acids is 2. The van der Waals surface area contributed by atoms with Gasteiger partial charge in [-0.25, -0.2) is 15.4 Å². The van der Waals surface area contributed by atoms with Crippen molar-refractivity contribution in [2.45, 2.75) is 33.0 Å². The summed E-state index contributed by atoms with van der Waals surface area (Å²) >= 11 is 0. The summed E-state index contributed by atoms with van der Waals surface area (Å²) in [5.41, 5.74) is 2.04. The lowest BCUT2D eigenvalue weighted by molar-refractivity contribution is -0.121. The molecule has 42 heavy (non-hydrogen) atoms. The fourth-order valence-electron chi connectivity index (χ4n) is 4.49. The predicted molar refractivity (Wildman–Crippen MR) is 156 cm³/mol. The molecule has 0 saturated heterocycles. The Morgan fingerprint density at radius 1 is 0.952 bits per heavy atom. The number of amides is 2. The summed E-state index contributed by atoms with van der Waals surface area (Å²) in [4.78, 5) is 81.2. The number of nitrogens with zero attached hydrogens (tertiary/aromatic N) is 5. The first-order valence-corrected chi connectivity index (χ1v) is 12.6. The number of hydrogen-bond donors (Lipinski definition) is 3. The van der Waals surface area contributed by atoms with Gasteiger partial charge in [0.25, 0.3) is 28.1 Å². The summed E-state index contributed by atoms with van der Waals surface area (Å²) in [6.45, 7) is 4.29. The van der Waals surface area contributed by atoms with E-state index in [2.05, 4.69) is 31.4 Å². The normalized spacial score (nSPS) is 16.8. The quantitative estimate of drug-likeness (QED) is 0.199. The van der Waals surface area contributed by atoms with Gasteiger partial charge in [0.2, 0.25) is 5.91 Å². The van der Waals surface area contributed by atoms with Gasteiger partial charge < -0.3 is 5.32 Å². The lowest BCUT2D eigenvalue weighted by Crippen LogP contribution is -2.54. The van der Waals surface area contributed by atoms with Crippen LogP contribution in [-0.2, 0) is 21.8 Å². The topological polar surface area (TPSA) is 186 Å². The van der Waals surface area contributed by atoms with Crippen molar-refractivity contribution in [3.63, 3.8) is 0 Å². The lowest BCUT2D eigenvalue weighted by Gasteiger charge is -2.30. The molecule has 3 aromatic heterocycles. The van der Waals surface area contributed by atoms with Crippen LogP contribution in [0.1, 0.15) is 25.1 Å². The monoisotopic (exact) mass is 568 g/mol. The van der Waals surface area contributed by atoms with Crippen LogP contribution in [-0.4, -0.2) is 38.4 Å². The number of pyridine rings is 1. The maximum atomic E-state index is 13.6. The molecule has 1 unspecified atom stereocenters. The highest BCUT2D eigenvalue weighted by atomic mass is 16.2. The molecule has 0 aliphatic carbocycles. The summed E-state index contributed by atoms with van der Waals surface area (Å²) in [6.07, 6.45) is 8.90. The van der Waals surface area contributed by atoms with E-state index >= 15 is 0 Å². The van der Waals surface area contributed by atoms with E-state index in [1.807, 2.05) is 13.0 Å². The molecule has 1 aliphatic heterocycles. The van der Waals surface area contributed by atoms with Gasteiger partial charge in [0.05, 0.1) is 39.7 Å². The number of dihydropyridines is 1. The van der Waals surface area contributed by atoms with Gasteiger partial charge in [-0.3, -0.25) is 38.3 Å². The molecule has 0 fully saturated rings. The van der Waals surface area contributed by atoms with Crippen LogP contribution in [0.25, 0.3) is 21.5 Å². The Labute approximate surface area is 236 Å². The molecular weight excluding hydrogens is 544 g/mol. The number of rotatable bonds is 7. The van der Waals surface area contributed by atoms with E-state index in [0.717, 1.165) is 15.7 Å². The number of aromatic nitrogens is 3. The van der Waals surface area contributed by atoms with Crippen LogP contribution >= 0.6 is 0 Å². The molecule has 4 aromatic rings. The smallest absolute Gasteiger partial charge is 0.264 e. The highest BCUT2D eigenvalue weighted by Crippen LogP contribution is 2.20. The van der Waals surface area contributed by atoms with Crippen molar-refractivity contribution in [1.82, 2.24) is 30.3 Å². The molecule has 5 rings (SSSR count). The zero-order valence-electron chi connectivity index (χ0n) is 22.7. The summed E-state index contributed by atoms with van der Waals surface area (Å²) in [7, 11) is 0. The summed E-state index contributed by atoms with van der Waals surface area (Å²) in [5, 5.41) is 10.2. The molecule has 0 bridgehead atoms. The maximum absolute atomic E-state index is 13.6. The Morgan fingerprint density at radius 2 is 1.60 bits per heavy atom. The Morgan fingerprint density at radius 3 is 2.14 bits per heavy atom. The number of hydrazone groups is 2. The van der Waals surface area contributed by atoms with E-state index in [0.29, 0.717) is 10.3 Å². The number of carbonyl (C=O) groups is 2. The van der Waals surface area contributed by atoms with Gasteiger partial charge in [0, 0.05) is 19.3 Å². The van der Waals surface area contributed by atoms with E-state index in [-0.39, 0.29) is 21.5 Å². The molecule has 0 saturated carbocycles. The molecule has 0 radical (unpaired) electrons. The van der Waals surface area contributed by atoms with Gasteiger partial charge in [-0.1, -0.05) is 12.1 Å². The fourth-order valence-corrected chi connectivity index (χ4v) is 4.49. The Hall–Kier alpha value is -5.79. The number of fused-ring (bicyclic) bond motifs is 2. The minimum atomic E-state index is -1.58. The molecular formula is C28H24N8O6. The van der Waals surface area contributed by atoms with Crippen molar-refractivity contribution >= 4 is 45.8 Å². The van der Waals surface area contributed by atoms with Crippen LogP contribution in [0, 0.1) is 6.92 Å². The molecule has 1 aromatic carbocycles. The first kappa shape index (κ1) is 27.8. The third-order valence-electron chi connectivity index (χ3n) is 6.58. The Kier molecular flexibility index (Phi) is 7.04. The van der Waals surface area contributed by atoms with E-state index in [9.17, 15) is 28.8 Å². The van der Waals surface area contributed by atoms with Gasteiger partial charge in [-0.2, -0.15) is 10.2 Å². The second-order valence-corrected chi connectivity index (χ2v) is 9.76. The number of benzene rings is 1. The van der Waals surface area contributed by atoms with Crippen LogP contribution in [0.4, 0.5) is 0 Å². The molecule has 1 aliphatic rings. The second kappa shape index (κ2) is 10.6. The van der Waals surface area contributed by atoms with Crippen LogP contribution < -0.4 is 38.4 Å². The SMILES string of the molecule is CC(=O)N/N=C/C1(n2c(=O)c3cc4c(=O)n(CC(=O)N/N=C/c5ccc(C)cn5)c(=O)c4cc3c2=O)C=CC(C)=CN1. The van der Waals surface area contributed by atoms with Crippen molar-refractivity contribution in [3.05, 3.63) is 107 Å². The van der Waals surface area contributed by atoms with Crippen molar-refractivity contribution in [3.8, 4) is 0 Å². The third kappa shape index (κ3) is 4.96. The molecule has 14 heteroatoms.